The van der Waals surface area contributed by atoms with Crippen LogP contribution in [0.3, 0.4) is 0 Å². The number of anilines is 3. The summed E-state index contributed by atoms with van der Waals surface area (Å²) >= 11 is 0. The van der Waals surface area contributed by atoms with Gasteiger partial charge in [-0.05, 0) is 91.7 Å². The van der Waals surface area contributed by atoms with Crippen LogP contribution in [0.25, 0.3) is 44.2 Å². The van der Waals surface area contributed by atoms with Gasteiger partial charge >= 0.3 is 0 Å². The first-order chi connectivity index (χ1) is 21.6. The van der Waals surface area contributed by atoms with Crippen LogP contribution in [-0.2, 0) is 5.41 Å². The van der Waals surface area contributed by atoms with Crippen LogP contribution in [0.15, 0.2) is 164 Å². The lowest BCUT2D eigenvalue weighted by Crippen LogP contribution is -2.16. The summed E-state index contributed by atoms with van der Waals surface area (Å²) in [5, 5.41) is 2.49. The van der Waals surface area contributed by atoms with Gasteiger partial charge in [-0.15, -0.1) is 0 Å². The normalized spacial score (nSPS) is 13.0. The molecular formula is C43H33N. The van der Waals surface area contributed by atoms with Crippen molar-refractivity contribution in [3.05, 3.63) is 175 Å². The number of rotatable bonds is 5. The first-order valence-corrected chi connectivity index (χ1v) is 15.4. The zero-order chi connectivity index (χ0) is 29.7. The van der Waals surface area contributed by atoms with Crippen LogP contribution in [-0.4, -0.2) is 0 Å². The summed E-state index contributed by atoms with van der Waals surface area (Å²) in [6.45, 7) is 4.74. The smallest absolute Gasteiger partial charge is 0.0474 e. The van der Waals surface area contributed by atoms with Crippen molar-refractivity contribution in [2.45, 2.75) is 19.3 Å². The van der Waals surface area contributed by atoms with Gasteiger partial charge in [0.05, 0.1) is 0 Å². The molecule has 1 aliphatic carbocycles. The average molecular weight is 564 g/mol. The highest BCUT2D eigenvalue weighted by Crippen LogP contribution is 2.53. The minimum Gasteiger partial charge on any atom is -0.310 e. The van der Waals surface area contributed by atoms with E-state index in [2.05, 4.69) is 183 Å². The fraction of sp³-hybridized carbons (Fsp3) is 0.0698. The summed E-state index contributed by atoms with van der Waals surface area (Å²) in [5.41, 5.74) is 13.7. The molecule has 0 bridgehead atoms. The summed E-state index contributed by atoms with van der Waals surface area (Å²) in [7, 11) is 0. The summed E-state index contributed by atoms with van der Waals surface area (Å²) in [6, 6.07) is 59.5. The molecule has 0 radical (unpaired) electrons. The zero-order valence-electron chi connectivity index (χ0n) is 25.0. The molecule has 0 fully saturated rings. The van der Waals surface area contributed by atoms with E-state index in [1.54, 1.807) is 0 Å². The van der Waals surface area contributed by atoms with E-state index in [0.717, 1.165) is 17.1 Å². The van der Waals surface area contributed by atoms with Gasteiger partial charge in [0.15, 0.2) is 0 Å². The third-order valence-electron chi connectivity index (χ3n) is 9.23. The maximum atomic E-state index is 2.43. The van der Waals surface area contributed by atoms with Gasteiger partial charge < -0.3 is 4.90 Å². The van der Waals surface area contributed by atoms with Gasteiger partial charge in [0.25, 0.3) is 0 Å². The Morgan fingerprint density at radius 2 is 1.05 bits per heavy atom. The monoisotopic (exact) mass is 563 g/mol. The van der Waals surface area contributed by atoms with Crippen molar-refractivity contribution in [2.75, 3.05) is 4.90 Å². The average Bonchev–Trinajstić information content (AvgIpc) is 3.31. The quantitative estimate of drug-likeness (QED) is 0.201. The van der Waals surface area contributed by atoms with Gasteiger partial charge in [0.1, 0.15) is 0 Å². The van der Waals surface area contributed by atoms with Gasteiger partial charge in [0, 0.05) is 22.5 Å². The van der Waals surface area contributed by atoms with Crippen LogP contribution in [0.5, 0.6) is 0 Å². The SMILES string of the molecule is CC1(C)c2cc(N(c3ccccc3)c3cc(-c4ccccc4)c4ccccc4c3)ccc2-c2c(-c3ccccc3)cccc21. The number of hydrogen-bond acceptors (Lipinski definition) is 1. The van der Waals surface area contributed by atoms with Crippen molar-refractivity contribution >= 4 is 27.8 Å². The molecule has 0 saturated carbocycles. The topological polar surface area (TPSA) is 3.24 Å². The van der Waals surface area contributed by atoms with E-state index in [1.165, 1.54) is 55.3 Å². The van der Waals surface area contributed by atoms with E-state index in [9.17, 15) is 0 Å². The highest BCUT2D eigenvalue weighted by atomic mass is 15.1. The Morgan fingerprint density at radius 1 is 0.409 bits per heavy atom. The standard InChI is InChI=1S/C43H33N/c1-43(2)40-24-14-23-37(30-15-6-3-7-16-30)42(40)38-26-25-34(29-41(38)43)44(33-20-10-5-11-21-33)35-27-32-19-12-13-22-36(32)39(28-35)31-17-8-4-9-18-31/h3-29H,1-2H3. The lowest BCUT2D eigenvalue weighted by molar-refractivity contribution is 0.660. The second-order valence-corrected chi connectivity index (χ2v) is 12.2. The number of para-hydroxylation sites is 1. The summed E-state index contributed by atoms with van der Waals surface area (Å²) in [6.07, 6.45) is 0. The van der Waals surface area contributed by atoms with Gasteiger partial charge in [0.2, 0.25) is 0 Å². The largest absolute Gasteiger partial charge is 0.310 e. The van der Waals surface area contributed by atoms with E-state index in [1.807, 2.05) is 0 Å². The van der Waals surface area contributed by atoms with Crippen molar-refractivity contribution in [1.82, 2.24) is 0 Å². The summed E-state index contributed by atoms with van der Waals surface area (Å²) < 4.78 is 0. The molecule has 0 atom stereocenters. The van der Waals surface area contributed by atoms with E-state index < -0.39 is 0 Å². The molecule has 0 spiro atoms. The molecule has 8 rings (SSSR count). The molecular weight excluding hydrogens is 530 g/mol. The highest BCUT2D eigenvalue weighted by molar-refractivity contribution is 6.01. The van der Waals surface area contributed by atoms with Gasteiger partial charge in [-0.2, -0.15) is 0 Å². The molecule has 210 valence electrons. The second-order valence-electron chi connectivity index (χ2n) is 12.2. The van der Waals surface area contributed by atoms with Crippen LogP contribution in [0.2, 0.25) is 0 Å². The van der Waals surface area contributed by atoms with Gasteiger partial charge in [-0.25, -0.2) is 0 Å². The highest BCUT2D eigenvalue weighted by Gasteiger charge is 2.37. The molecule has 0 heterocycles. The summed E-state index contributed by atoms with van der Waals surface area (Å²) in [4.78, 5) is 2.41. The molecule has 0 amide bonds. The van der Waals surface area contributed by atoms with E-state index >= 15 is 0 Å². The molecule has 1 heteroatoms. The van der Waals surface area contributed by atoms with Crippen molar-refractivity contribution in [2.24, 2.45) is 0 Å². The first-order valence-electron chi connectivity index (χ1n) is 15.4. The van der Waals surface area contributed by atoms with E-state index in [0.29, 0.717) is 0 Å². The lowest BCUT2D eigenvalue weighted by Gasteiger charge is -2.29. The maximum Gasteiger partial charge on any atom is 0.0474 e. The Balaban J connectivity index is 1.34. The Bertz CT molecular complexity index is 2130. The molecule has 7 aromatic rings. The van der Waals surface area contributed by atoms with Crippen LogP contribution in [0, 0.1) is 0 Å². The predicted molar refractivity (Wildman–Crippen MR) is 187 cm³/mol. The number of nitrogens with zero attached hydrogens (tertiary/aromatic N) is 1. The lowest BCUT2D eigenvalue weighted by atomic mass is 9.81. The van der Waals surface area contributed by atoms with E-state index in [-0.39, 0.29) is 5.41 Å². The Morgan fingerprint density at radius 3 is 1.77 bits per heavy atom. The number of hydrogen-bond donors (Lipinski definition) is 0. The van der Waals surface area contributed by atoms with E-state index in [4.69, 9.17) is 0 Å². The van der Waals surface area contributed by atoms with Crippen molar-refractivity contribution in [1.29, 1.82) is 0 Å². The Hall–Kier alpha value is -5.40. The fourth-order valence-corrected chi connectivity index (χ4v) is 7.08. The number of benzene rings is 7. The third kappa shape index (κ3) is 4.24. The minimum atomic E-state index is -0.133. The molecule has 7 aromatic carbocycles. The first kappa shape index (κ1) is 26.2. The van der Waals surface area contributed by atoms with Gasteiger partial charge in [-0.3, -0.25) is 0 Å². The second kappa shape index (κ2) is 10.4. The number of fused-ring (bicyclic) bond motifs is 4. The van der Waals surface area contributed by atoms with Crippen molar-refractivity contribution in [3.8, 4) is 33.4 Å². The van der Waals surface area contributed by atoms with Crippen molar-refractivity contribution in [3.63, 3.8) is 0 Å². The molecule has 44 heavy (non-hydrogen) atoms. The zero-order valence-corrected chi connectivity index (χ0v) is 25.0. The Labute approximate surface area is 259 Å². The van der Waals surface area contributed by atoms with Gasteiger partial charge in [-0.1, -0.05) is 141 Å². The molecule has 0 unspecified atom stereocenters. The van der Waals surface area contributed by atoms with Crippen LogP contribution in [0.4, 0.5) is 17.1 Å². The van der Waals surface area contributed by atoms with Crippen molar-refractivity contribution < 1.29 is 0 Å². The van der Waals surface area contributed by atoms with Crippen LogP contribution < -0.4 is 4.90 Å². The van der Waals surface area contributed by atoms with Crippen LogP contribution >= 0.6 is 0 Å². The maximum absolute atomic E-state index is 2.43. The minimum absolute atomic E-state index is 0.133. The van der Waals surface area contributed by atoms with Crippen LogP contribution in [0.1, 0.15) is 25.0 Å². The molecule has 1 nitrogen and oxygen atoms in total. The molecule has 0 N–H and O–H groups in total. The summed E-state index contributed by atoms with van der Waals surface area (Å²) in [5.74, 6) is 0. The Kier molecular flexibility index (Phi) is 6.20. The molecule has 1 aliphatic rings. The molecule has 0 aromatic heterocycles. The molecule has 0 saturated heterocycles. The third-order valence-corrected chi connectivity index (χ3v) is 9.23. The molecule has 0 aliphatic heterocycles. The predicted octanol–water partition coefficient (Wildman–Crippen LogP) is 11.9. The fourth-order valence-electron chi connectivity index (χ4n) is 7.08.